The van der Waals surface area contributed by atoms with Gasteiger partial charge in [-0.15, -0.1) is 0 Å². The summed E-state index contributed by atoms with van der Waals surface area (Å²) in [6, 6.07) is 7.65. The molecule has 0 spiro atoms. The lowest BCUT2D eigenvalue weighted by Gasteiger charge is -2.17. The zero-order chi connectivity index (χ0) is 15.4. The maximum absolute atomic E-state index is 11.8. The summed E-state index contributed by atoms with van der Waals surface area (Å²) in [5, 5.41) is 6.66. The Kier molecular flexibility index (Phi) is 5.01. The molecule has 0 saturated heterocycles. The van der Waals surface area contributed by atoms with E-state index >= 15 is 0 Å². The number of carbonyl (C=O) groups excluding carboxylic acids is 1. The van der Waals surface area contributed by atoms with E-state index < -0.39 is 0 Å². The predicted octanol–water partition coefficient (Wildman–Crippen LogP) is 2.77. The van der Waals surface area contributed by atoms with Gasteiger partial charge in [0.1, 0.15) is 16.2 Å². The molecule has 1 heterocycles. The van der Waals surface area contributed by atoms with Crippen LogP contribution >= 0.6 is 11.8 Å². The molecule has 5 nitrogen and oxygen atoms in total. The van der Waals surface area contributed by atoms with E-state index in [1.807, 2.05) is 38.1 Å². The number of carbonyl (C=O) groups is 1. The number of hydrogen-bond acceptors (Lipinski definition) is 6. The average Bonchev–Trinajstić information content (AvgIpc) is 2.91. The van der Waals surface area contributed by atoms with E-state index in [2.05, 4.69) is 10.6 Å². The van der Waals surface area contributed by atoms with Crippen LogP contribution in [0, 0.1) is 5.92 Å². The fraction of sp³-hybridized carbons (Fsp3) is 0.400. The van der Waals surface area contributed by atoms with Crippen molar-refractivity contribution in [3.8, 4) is 5.75 Å². The van der Waals surface area contributed by atoms with Crippen molar-refractivity contribution in [1.29, 1.82) is 0 Å². The van der Waals surface area contributed by atoms with Crippen LogP contribution in [0.2, 0.25) is 0 Å². The van der Waals surface area contributed by atoms with Gasteiger partial charge in [0, 0.05) is 11.4 Å². The zero-order valence-corrected chi connectivity index (χ0v) is 13.4. The Hall–Kier alpha value is -1.82. The van der Waals surface area contributed by atoms with Crippen molar-refractivity contribution in [2.75, 3.05) is 19.5 Å². The molecule has 1 aliphatic heterocycles. The van der Waals surface area contributed by atoms with Crippen molar-refractivity contribution in [1.82, 2.24) is 5.32 Å². The lowest BCUT2D eigenvalue weighted by Crippen LogP contribution is -2.29. The van der Waals surface area contributed by atoms with Gasteiger partial charge in [-0.1, -0.05) is 25.6 Å². The summed E-state index contributed by atoms with van der Waals surface area (Å²) in [6.45, 7) is 4.09. The first-order valence-electron chi connectivity index (χ1n) is 6.71. The smallest absolute Gasteiger partial charge is 0.346 e. The molecule has 2 rings (SSSR count). The molecule has 0 aliphatic carbocycles. The summed E-state index contributed by atoms with van der Waals surface area (Å²) in [5.41, 5.74) is 1.78. The minimum Gasteiger partial charge on any atom is -0.497 e. The average molecular weight is 308 g/mol. The number of ether oxygens (including phenoxy) is 2. The molecule has 0 fully saturated rings. The SMILES string of the molecule is COC(=O)C1=C(C(C)C)NC(Nc2ccc(OC)cc2)S1. The number of nitrogens with one attached hydrogen (secondary N) is 2. The number of rotatable bonds is 5. The van der Waals surface area contributed by atoms with Gasteiger partial charge in [-0.05, 0) is 30.2 Å². The van der Waals surface area contributed by atoms with Gasteiger partial charge in [0.25, 0.3) is 0 Å². The second kappa shape index (κ2) is 6.76. The minimum atomic E-state index is -0.296. The third kappa shape index (κ3) is 3.64. The Bertz CT molecular complexity index is 540. The fourth-order valence-corrected chi connectivity index (χ4v) is 3.22. The van der Waals surface area contributed by atoms with Gasteiger partial charge in [-0.2, -0.15) is 0 Å². The van der Waals surface area contributed by atoms with Gasteiger partial charge >= 0.3 is 5.97 Å². The van der Waals surface area contributed by atoms with Crippen molar-refractivity contribution < 1.29 is 14.3 Å². The summed E-state index contributed by atoms with van der Waals surface area (Å²) in [6.07, 6.45) is 0. The molecule has 1 aromatic carbocycles. The highest BCUT2D eigenvalue weighted by Gasteiger charge is 2.30. The van der Waals surface area contributed by atoms with Crippen LogP contribution in [0.3, 0.4) is 0 Å². The van der Waals surface area contributed by atoms with Gasteiger partial charge in [0.2, 0.25) is 0 Å². The molecule has 0 radical (unpaired) electrons. The molecular weight excluding hydrogens is 288 g/mol. The van der Waals surface area contributed by atoms with Crippen LogP contribution in [0.15, 0.2) is 34.9 Å². The van der Waals surface area contributed by atoms with Crippen LogP contribution < -0.4 is 15.4 Å². The Labute approximate surface area is 129 Å². The lowest BCUT2D eigenvalue weighted by molar-refractivity contribution is -0.135. The first-order chi connectivity index (χ1) is 10.0. The van der Waals surface area contributed by atoms with E-state index in [0.717, 1.165) is 17.1 Å². The van der Waals surface area contributed by atoms with Crippen LogP contribution in [0.1, 0.15) is 13.8 Å². The molecule has 1 aromatic rings. The highest BCUT2D eigenvalue weighted by atomic mass is 32.2. The summed E-state index contributed by atoms with van der Waals surface area (Å²) in [4.78, 5) is 12.5. The summed E-state index contributed by atoms with van der Waals surface area (Å²) in [7, 11) is 3.04. The molecule has 1 aliphatic rings. The monoisotopic (exact) mass is 308 g/mol. The second-order valence-corrected chi connectivity index (χ2v) is 6.02. The lowest BCUT2D eigenvalue weighted by atomic mass is 10.1. The maximum atomic E-state index is 11.8. The largest absolute Gasteiger partial charge is 0.497 e. The molecule has 0 amide bonds. The maximum Gasteiger partial charge on any atom is 0.346 e. The Morgan fingerprint density at radius 2 is 1.95 bits per heavy atom. The van der Waals surface area contributed by atoms with Crippen LogP contribution in [0.25, 0.3) is 0 Å². The van der Waals surface area contributed by atoms with Crippen LogP contribution in [-0.2, 0) is 9.53 Å². The van der Waals surface area contributed by atoms with Gasteiger partial charge in [-0.25, -0.2) is 4.79 Å². The summed E-state index contributed by atoms with van der Waals surface area (Å²) >= 11 is 1.44. The van der Waals surface area contributed by atoms with Gasteiger partial charge < -0.3 is 20.1 Å². The number of thioether (sulfide) groups is 1. The topological polar surface area (TPSA) is 59.6 Å². The molecule has 0 aromatic heterocycles. The molecule has 1 unspecified atom stereocenters. The third-order valence-electron chi connectivity index (χ3n) is 3.10. The van der Waals surface area contributed by atoms with E-state index in [-0.39, 0.29) is 17.4 Å². The molecule has 2 N–H and O–H groups in total. The highest BCUT2D eigenvalue weighted by molar-refractivity contribution is 8.04. The van der Waals surface area contributed by atoms with Crippen LogP contribution in [-0.4, -0.2) is 25.7 Å². The first-order valence-corrected chi connectivity index (χ1v) is 7.59. The van der Waals surface area contributed by atoms with E-state index in [0.29, 0.717) is 4.91 Å². The predicted molar refractivity (Wildman–Crippen MR) is 85.0 cm³/mol. The number of methoxy groups -OCH3 is 2. The summed E-state index contributed by atoms with van der Waals surface area (Å²) in [5.74, 6) is 0.744. The standard InChI is InChI=1S/C15H20N2O3S/c1-9(2)12-13(14(18)20-4)21-15(17-12)16-10-5-7-11(19-3)8-6-10/h5-9,15-17H,1-4H3. The van der Waals surface area contributed by atoms with Gasteiger partial charge in [0.15, 0.2) is 0 Å². The van der Waals surface area contributed by atoms with Crippen molar-refractivity contribution >= 4 is 23.4 Å². The molecule has 0 bridgehead atoms. The quantitative estimate of drug-likeness (QED) is 0.816. The number of allylic oxidation sites excluding steroid dienone is 1. The highest BCUT2D eigenvalue weighted by Crippen LogP contribution is 2.35. The first kappa shape index (κ1) is 15.6. The Morgan fingerprint density at radius 3 is 2.48 bits per heavy atom. The van der Waals surface area contributed by atoms with Crippen molar-refractivity contribution in [3.05, 3.63) is 34.9 Å². The fourth-order valence-electron chi connectivity index (χ4n) is 2.00. The van der Waals surface area contributed by atoms with Gasteiger partial charge in [0.05, 0.1) is 14.2 Å². The third-order valence-corrected chi connectivity index (χ3v) is 4.20. The Morgan fingerprint density at radius 1 is 1.29 bits per heavy atom. The number of hydrogen-bond donors (Lipinski definition) is 2. The van der Waals surface area contributed by atoms with Crippen molar-refractivity contribution in [2.24, 2.45) is 5.92 Å². The molecule has 1 atom stereocenters. The molecule has 0 saturated carbocycles. The molecule has 114 valence electrons. The number of benzene rings is 1. The Balaban J connectivity index is 2.06. The molecule has 21 heavy (non-hydrogen) atoms. The van der Waals surface area contributed by atoms with Crippen LogP contribution in [0.5, 0.6) is 5.75 Å². The zero-order valence-electron chi connectivity index (χ0n) is 12.6. The normalized spacial score (nSPS) is 17.7. The van der Waals surface area contributed by atoms with E-state index in [9.17, 15) is 4.79 Å². The van der Waals surface area contributed by atoms with Crippen LogP contribution in [0.4, 0.5) is 5.69 Å². The number of esters is 1. The summed E-state index contributed by atoms with van der Waals surface area (Å²) < 4.78 is 9.97. The second-order valence-electron chi connectivity index (χ2n) is 4.90. The minimum absolute atomic E-state index is 0.0927. The van der Waals surface area contributed by atoms with E-state index in [4.69, 9.17) is 9.47 Å². The van der Waals surface area contributed by atoms with Gasteiger partial charge in [-0.3, -0.25) is 0 Å². The van der Waals surface area contributed by atoms with Crippen molar-refractivity contribution in [3.63, 3.8) is 0 Å². The van der Waals surface area contributed by atoms with Crippen molar-refractivity contribution in [2.45, 2.75) is 19.3 Å². The molecular formula is C15H20N2O3S. The van der Waals surface area contributed by atoms with E-state index in [1.165, 1.54) is 18.9 Å². The van der Waals surface area contributed by atoms with E-state index in [1.54, 1.807) is 7.11 Å². The number of anilines is 1. The molecule has 6 heteroatoms.